The lowest BCUT2D eigenvalue weighted by molar-refractivity contribution is -0.305. The Morgan fingerprint density at radius 3 is 2.32 bits per heavy atom. The molecule has 0 bridgehead atoms. The van der Waals surface area contributed by atoms with Gasteiger partial charge in [-0.1, -0.05) is 19.9 Å². The highest BCUT2D eigenvalue weighted by Gasteiger charge is 2.70. The summed E-state index contributed by atoms with van der Waals surface area (Å²) in [5.41, 5.74) is -1.49. The molecule has 10 heteroatoms. The first-order valence-corrected chi connectivity index (χ1v) is 12.7. The molecule has 1 aliphatic carbocycles. The Morgan fingerprint density at radius 1 is 1.15 bits per heavy atom. The summed E-state index contributed by atoms with van der Waals surface area (Å²) in [5.74, 6) is -2.56. The maximum atomic E-state index is 13.2. The van der Waals surface area contributed by atoms with Crippen LogP contribution in [0, 0.1) is 17.3 Å². The fourth-order valence-electron chi connectivity index (χ4n) is 4.63. The van der Waals surface area contributed by atoms with E-state index >= 15 is 0 Å². The fourth-order valence-corrected chi connectivity index (χ4v) is 5.23. The van der Waals surface area contributed by atoms with Crippen LogP contribution >= 0.6 is 0 Å². The largest absolute Gasteiger partial charge is 0.497 e. The summed E-state index contributed by atoms with van der Waals surface area (Å²) in [6, 6.07) is 6.98. The van der Waals surface area contributed by atoms with Gasteiger partial charge in [-0.3, -0.25) is 8.98 Å². The minimum absolute atomic E-state index is 0.0384. The van der Waals surface area contributed by atoms with Crippen molar-refractivity contribution in [2.75, 3.05) is 33.2 Å². The lowest BCUT2D eigenvalue weighted by Gasteiger charge is -2.46. The minimum Gasteiger partial charge on any atom is -0.497 e. The van der Waals surface area contributed by atoms with E-state index in [0.29, 0.717) is 24.7 Å². The van der Waals surface area contributed by atoms with Crippen LogP contribution in [0.4, 0.5) is 0 Å². The fraction of sp³-hybridized carbons (Fsp3) is 0.542. The molecule has 4 rings (SSSR count). The first kappa shape index (κ1) is 24.7. The van der Waals surface area contributed by atoms with Crippen molar-refractivity contribution in [3.8, 4) is 11.5 Å². The first-order chi connectivity index (χ1) is 15.9. The molecule has 0 N–H and O–H groups in total. The zero-order valence-corrected chi connectivity index (χ0v) is 20.5. The lowest BCUT2D eigenvalue weighted by atomic mass is 9.76. The number of carbonyl (C=O) groups excluding carboxylic acids is 1. The average molecular weight is 495 g/mol. The molecule has 0 radical (unpaired) electrons. The van der Waals surface area contributed by atoms with E-state index in [1.165, 1.54) is 6.08 Å². The molecule has 3 aliphatic rings. The Kier molecular flexibility index (Phi) is 6.30. The number of carbonyl (C=O) groups is 1. The monoisotopic (exact) mass is 494 g/mol. The van der Waals surface area contributed by atoms with Crippen LogP contribution in [0.2, 0.25) is 0 Å². The normalized spacial score (nSPS) is 29.9. The third-order valence-corrected chi connectivity index (χ3v) is 6.82. The molecule has 2 saturated heterocycles. The second-order valence-corrected chi connectivity index (χ2v) is 11.2. The van der Waals surface area contributed by atoms with Crippen molar-refractivity contribution < 1.29 is 41.1 Å². The molecular formula is C24H30O9S. The number of benzene rings is 1. The van der Waals surface area contributed by atoms with Crippen molar-refractivity contribution in [3.63, 3.8) is 0 Å². The van der Waals surface area contributed by atoms with Crippen molar-refractivity contribution in [2.24, 2.45) is 17.3 Å². The van der Waals surface area contributed by atoms with E-state index in [2.05, 4.69) is 6.58 Å². The summed E-state index contributed by atoms with van der Waals surface area (Å²) in [5, 5.41) is 0. The Labute approximate surface area is 199 Å². The van der Waals surface area contributed by atoms with Crippen LogP contribution in [0.3, 0.4) is 0 Å². The third-order valence-electron chi connectivity index (χ3n) is 6.25. The maximum absolute atomic E-state index is 13.2. The molecule has 2 heterocycles. The topological polar surface area (TPSA) is 107 Å². The van der Waals surface area contributed by atoms with Gasteiger partial charge in [-0.2, -0.15) is 8.42 Å². The van der Waals surface area contributed by atoms with E-state index in [9.17, 15) is 13.2 Å². The molecule has 9 nitrogen and oxygen atoms in total. The number of rotatable bonds is 8. The van der Waals surface area contributed by atoms with E-state index in [4.69, 9.17) is 27.9 Å². The SMILES string of the molecule is C=C[C@@H](OS(C)(=O)=O)[C@@H]1C(=O)O[C@@]2(COc3ccc(OC)cc3)C=CC3(OCC(C)(C)CO3)[C@@H]12. The summed E-state index contributed by atoms with van der Waals surface area (Å²) in [4.78, 5) is 13.2. The van der Waals surface area contributed by atoms with Crippen LogP contribution in [0.25, 0.3) is 0 Å². The Balaban J connectivity index is 1.68. The maximum Gasteiger partial charge on any atom is 0.313 e. The summed E-state index contributed by atoms with van der Waals surface area (Å²) >= 11 is 0. The number of esters is 1. The van der Waals surface area contributed by atoms with Crippen molar-refractivity contribution >= 4 is 16.1 Å². The summed E-state index contributed by atoms with van der Waals surface area (Å²) in [6.45, 7) is 8.40. The molecule has 1 aromatic carbocycles. The van der Waals surface area contributed by atoms with Gasteiger partial charge in [-0.05, 0) is 36.4 Å². The van der Waals surface area contributed by atoms with Gasteiger partial charge in [0, 0.05) is 5.41 Å². The molecule has 0 amide bonds. The van der Waals surface area contributed by atoms with Crippen LogP contribution in [-0.2, 0) is 33.3 Å². The average Bonchev–Trinajstić information content (AvgIpc) is 3.24. The minimum atomic E-state index is -3.89. The van der Waals surface area contributed by atoms with Gasteiger partial charge in [-0.15, -0.1) is 6.58 Å². The molecule has 1 spiro atoms. The van der Waals surface area contributed by atoms with Crippen molar-refractivity contribution in [3.05, 3.63) is 49.1 Å². The van der Waals surface area contributed by atoms with Gasteiger partial charge in [0.25, 0.3) is 10.1 Å². The predicted molar refractivity (Wildman–Crippen MR) is 122 cm³/mol. The molecule has 34 heavy (non-hydrogen) atoms. The Hall–Kier alpha value is -2.40. The van der Waals surface area contributed by atoms with Crippen molar-refractivity contribution in [1.82, 2.24) is 0 Å². The number of hydrogen-bond donors (Lipinski definition) is 0. The van der Waals surface area contributed by atoms with Gasteiger partial charge in [0.1, 0.15) is 30.1 Å². The van der Waals surface area contributed by atoms with Gasteiger partial charge < -0.3 is 23.7 Å². The summed E-state index contributed by atoms with van der Waals surface area (Å²) < 4.78 is 58.5. The number of methoxy groups -OCH3 is 1. The highest BCUT2D eigenvalue weighted by molar-refractivity contribution is 7.86. The summed E-state index contributed by atoms with van der Waals surface area (Å²) in [6.07, 6.45) is 4.46. The molecule has 2 aliphatic heterocycles. The molecule has 1 aromatic rings. The molecule has 0 saturated carbocycles. The van der Waals surface area contributed by atoms with Crippen LogP contribution in [-0.4, -0.2) is 65.1 Å². The molecule has 4 atom stereocenters. The van der Waals surface area contributed by atoms with E-state index in [1.54, 1.807) is 43.5 Å². The highest BCUT2D eigenvalue weighted by atomic mass is 32.2. The van der Waals surface area contributed by atoms with E-state index in [0.717, 1.165) is 6.26 Å². The van der Waals surface area contributed by atoms with Crippen LogP contribution in [0.1, 0.15) is 13.8 Å². The molecular weight excluding hydrogens is 464 g/mol. The van der Waals surface area contributed by atoms with E-state index in [-0.39, 0.29) is 12.0 Å². The predicted octanol–water partition coefficient (Wildman–Crippen LogP) is 2.47. The lowest BCUT2D eigenvalue weighted by Crippen LogP contribution is -2.57. The number of ether oxygens (including phenoxy) is 5. The van der Waals surface area contributed by atoms with Gasteiger partial charge in [0.2, 0.25) is 0 Å². The number of fused-ring (bicyclic) bond motifs is 2. The van der Waals surface area contributed by atoms with Crippen LogP contribution < -0.4 is 9.47 Å². The van der Waals surface area contributed by atoms with Crippen molar-refractivity contribution in [1.29, 1.82) is 0 Å². The van der Waals surface area contributed by atoms with Crippen LogP contribution in [0.15, 0.2) is 49.1 Å². The van der Waals surface area contributed by atoms with Gasteiger partial charge in [0.15, 0.2) is 11.4 Å². The van der Waals surface area contributed by atoms with E-state index < -0.39 is 45.4 Å². The standard InChI is InChI=1S/C24H30O9S/c1-6-18(33-34(5,26)27)19-20-23(32-21(19)25,15-29-17-9-7-16(28-4)8-10-17)11-12-24(20)30-13-22(2,3)14-31-24/h6-12,18-20H,1,13-15H2,2-5H3/t18-,19+,20+,23-/m1/s1. The Morgan fingerprint density at radius 2 is 1.76 bits per heavy atom. The quantitative estimate of drug-likeness (QED) is 0.306. The van der Waals surface area contributed by atoms with Crippen LogP contribution in [0.5, 0.6) is 11.5 Å². The molecule has 0 aromatic heterocycles. The number of hydrogen-bond acceptors (Lipinski definition) is 9. The second-order valence-electron chi connectivity index (χ2n) is 9.64. The Bertz CT molecular complexity index is 1070. The van der Waals surface area contributed by atoms with E-state index in [1.807, 2.05) is 13.8 Å². The zero-order valence-electron chi connectivity index (χ0n) is 19.7. The first-order valence-electron chi connectivity index (χ1n) is 10.9. The second kappa shape index (κ2) is 8.67. The van der Waals surface area contributed by atoms with Gasteiger partial charge in [0.05, 0.1) is 32.5 Å². The smallest absolute Gasteiger partial charge is 0.313 e. The molecule has 0 unspecified atom stereocenters. The molecule has 2 fully saturated rings. The summed E-state index contributed by atoms with van der Waals surface area (Å²) in [7, 11) is -2.32. The van der Waals surface area contributed by atoms with Gasteiger partial charge >= 0.3 is 5.97 Å². The zero-order chi connectivity index (χ0) is 24.8. The van der Waals surface area contributed by atoms with Crippen molar-refractivity contribution in [2.45, 2.75) is 31.3 Å². The molecule has 186 valence electrons. The highest BCUT2D eigenvalue weighted by Crippen LogP contribution is 2.55. The van der Waals surface area contributed by atoms with Gasteiger partial charge in [-0.25, -0.2) is 0 Å². The third kappa shape index (κ3) is 4.59.